The van der Waals surface area contributed by atoms with E-state index < -0.39 is 0 Å². The molecule has 0 radical (unpaired) electrons. The number of hydrogen-bond donors (Lipinski definition) is 0. The normalized spacial score (nSPS) is 11.2. The van der Waals surface area contributed by atoms with E-state index in [1.165, 1.54) is 0 Å². The second-order valence-electron chi connectivity index (χ2n) is 7.06. The molecule has 0 saturated carbocycles. The van der Waals surface area contributed by atoms with Crippen LogP contribution in [0.25, 0.3) is 21.5 Å². The largest absolute Gasteiger partial charge is 0.491 e. The Hall–Kier alpha value is -3.27. The molecule has 0 amide bonds. The lowest BCUT2D eigenvalue weighted by Crippen LogP contribution is -2.22. The Labute approximate surface area is 163 Å². The van der Waals surface area contributed by atoms with Crippen molar-refractivity contribution < 1.29 is 9.47 Å². The van der Waals surface area contributed by atoms with Crippen LogP contribution in [0.15, 0.2) is 77.7 Å². The monoisotopic (exact) mass is 373 g/mol. The number of benzene rings is 3. The van der Waals surface area contributed by atoms with E-state index in [9.17, 15) is 4.79 Å². The van der Waals surface area contributed by atoms with Crippen molar-refractivity contribution in [1.29, 1.82) is 0 Å². The quantitative estimate of drug-likeness (QED) is 0.476. The zero-order chi connectivity index (χ0) is 19.5. The fraction of sp³-hybridized carbons (Fsp3) is 0.208. The van der Waals surface area contributed by atoms with Crippen molar-refractivity contribution in [2.75, 3.05) is 6.61 Å². The van der Waals surface area contributed by atoms with Crippen LogP contribution >= 0.6 is 0 Å². The van der Waals surface area contributed by atoms with E-state index in [0.29, 0.717) is 18.5 Å². The molecular weight excluding hydrogens is 350 g/mol. The van der Waals surface area contributed by atoms with Gasteiger partial charge >= 0.3 is 0 Å². The van der Waals surface area contributed by atoms with Crippen LogP contribution < -0.4 is 15.0 Å². The molecule has 1 aromatic heterocycles. The number of ether oxygens (including phenoxy) is 2. The first-order valence-electron chi connectivity index (χ1n) is 9.52. The molecule has 4 rings (SSSR count). The van der Waals surface area contributed by atoms with Gasteiger partial charge in [-0.1, -0.05) is 36.4 Å². The van der Waals surface area contributed by atoms with Gasteiger partial charge in [0.2, 0.25) is 0 Å². The number of pyridine rings is 1. The minimum atomic E-state index is -0.0184. The summed E-state index contributed by atoms with van der Waals surface area (Å²) in [4.78, 5) is 12.8. The molecule has 3 aromatic carbocycles. The van der Waals surface area contributed by atoms with Gasteiger partial charge in [-0.05, 0) is 55.0 Å². The van der Waals surface area contributed by atoms with E-state index in [1.807, 2.05) is 74.6 Å². The smallest absolute Gasteiger partial charge is 0.258 e. The molecule has 0 N–H and O–H groups in total. The fourth-order valence-electron chi connectivity index (χ4n) is 3.36. The molecule has 4 aromatic rings. The second-order valence-corrected chi connectivity index (χ2v) is 7.06. The van der Waals surface area contributed by atoms with Crippen LogP contribution in [0.5, 0.6) is 11.5 Å². The molecule has 142 valence electrons. The molecule has 0 fully saturated rings. The van der Waals surface area contributed by atoms with E-state index in [4.69, 9.17) is 9.47 Å². The molecule has 0 aliphatic heterocycles. The molecule has 0 spiro atoms. The van der Waals surface area contributed by atoms with Gasteiger partial charge in [-0.3, -0.25) is 4.79 Å². The van der Waals surface area contributed by atoms with Gasteiger partial charge in [-0.2, -0.15) is 0 Å². The Bertz CT molecular complexity index is 1170. The Balaban J connectivity index is 1.52. The highest BCUT2D eigenvalue weighted by atomic mass is 16.5. The van der Waals surface area contributed by atoms with Crippen LogP contribution in [0.1, 0.15) is 13.8 Å². The van der Waals surface area contributed by atoms with Crippen molar-refractivity contribution in [3.05, 3.63) is 83.3 Å². The van der Waals surface area contributed by atoms with Crippen molar-refractivity contribution in [3.63, 3.8) is 0 Å². The maximum Gasteiger partial charge on any atom is 0.258 e. The van der Waals surface area contributed by atoms with E-state index in [0.717, 1.165) is 27.7 Å². The van der Waals surface area contributed by atoms with Crippen LogP contribution in [-0.2, 0) is 6.54 Å². The van der Waals surface area contributed by atoms with Crippen LogP contribution in [0.3, 0.4) is 0 Å². The van der Waals surface area contributed by atoms with Gasteiger partial charge in [0.15, 0.2) is 0 Å². The average Bonchev–Trinajstić information content (AvgIpc) is 2.69. The minimum Gasteiger partial charge on any atom is -0.491 e. The molecular formula is C24H23NO3. The SMILES string of the molecule is CC(C)Oc1ccc2c(=O)n(CCOc3cccc4ccccc34)ccc2c1. The summed E-state index contributed by atoms with van der Waals surface area (Å²) in [5.41, 5.74) is -0.0184. The minimum absolute atomic E-state index is 0.0184. The zero-order valence-electron chi connectivity index (χ0n) is 16.1. The predicted molar refractivity (Wildman–Crippen MR) is 113 cm³/mol. The van der Waals surface area contributed by atoms with Crippen LogP contribution in [0.4, 0.5) is 0 Å². The zero-order valence-corrected chi connectivity index (χ0v) is 16.1. The first-order valence-corrected chi connectivity index (χ1v) is 9.52. The highest BCUT2D eigenvalue weighted by Crippen LogP contribution is 2.25. The summed E-state index contributed by atoms with van der Waals surface area (Å²) in [6.07, 6.45) is 1.92. The van der Waals surface area contributed by atoms with Gasteiger partial charge in [-0.15, -0.1) is 0 Å². The number of nitrogens with zero attached hydrogens (tertiary/aromatic N) is 1. The van der Waals surface area contributed by atoms with Crippen molar-refractivity contribution >= 4 is 21.5 Å². The van der Waals surface area contributed by atoms with Crippen molar-refractivity contribution in [2.24, 2.45) is 0 Å². The Morgan fingerprint density at radius 2 is 1.71 bits per heavy atom. The van der Waals surface area contributed by atoms with Gasteiger partial charge in [0, 0.05) is 17.0 Å². The number of fused-ring (bicyclic) bond motifs is 2. The van der Waals surface area contributed by atoms with Crippen molar-refractivity contribution in [3.8, 4) is 11.5 Å². The molecule has 4 nitrogen and oxygen atoms in total. The summed E-state index contributed by atoms with van der Waals surface area (Å²) in [5.74, 6) is 1.61. The average molecular weight is 373 g/mol. The van der Waals surface area contributed by atoms with Crippen LogP contribution in [0.2, 0.25) is 0 Å². The highest BCUT2D eigenvalue weighted by molar-refractivity contribution is 5.88. The molecule has 0 aliphatic carbocycles. The third-order valence-corrected chi connectivity index (χ3v) is 4.66. The van der Waals surface area contributed by atoms with Crippen molar-refractivity contribution in [1.82, 2.24) is 4.57 Å². The van der Waals surface area contributed by atoms with Crippen molar-refractivity contribution in [2.45, 2.75) is 26.5 Å². The van der Waals surface area contributed by atoms with E-state index in [1.54, 1.807) is 4.57 Å². The molecule has 1 heterocycles. The van der Waals surface area contributed by atoms with E-state index in [-0.39, 0.29) is 11.7 Å². The van der Waals surface area contributed by atoms with Crippen LogP contribution in [-0.4, -0.2) is 17.3 Å². The van der Waals surface area contributed by atoms with Gasteiger partial charge in [0.05, 0.1) is 12.6 Å². The molecule has 0 bridgehead atoms. The summed E-state index contributed by atoms with van der Waals surface area (Å²) in [5, 5.41) is 3.79. The summed E-state index contributed by atoms with van der Waals surface area (Å²) in [6.45, 7) is 4.88. The van der Waals surface area contributed by atoms with Gasteiger partial charge in [0.1, 0.15) is 18.1 Å². The standard InChI is InChI=1S/C24H23NO3/c1-17(2)28-20-10-11-22-19(16-20)12-13-25(24(22)26)14-15-27-23-9-5-7-18-6-3-4-8-21(18)23/h3-13,16-17H,14-15H2,1-2H3. The molecule has 0 unspecified atom stereocenters. The molecule has 0 saturated heterocycles. The molecule has 4 heteroatoms. The highest BCUT2D eigenvalue weighted by Gasteiger charge is 2.06. The Kier molecular flexibility index (Phi) is 5.02. The maximum absolute atomic E-state index is 12.8. The van der Waals surface area contributed by atoms with E-state index >= 15 is 0 Å². The van der Waals surface area contributed by atoms with Gasteiger partial charge in [0.25, 0.3) is 5.56 Å². The maximum atomic E-state index is 12.8. The number of aromatic nitrogens is 1. The lowest BCUT2D eigenvalue weighted by molar-refractivity contribution is 0.243. The molecule has 28 heavy (non-hydrogen) atoms. The summed E-state index contributed by atoms with van der Waals surface area (Å²) in [7, 11) is 0. The second kappa shape index (κ2) is 7.77. The fourth-order valence-corrected chi connectivity index (χ4v) is 3.36. The molecule has 0 aliphatic rings. The molecule has 0 atom stereocenters. The summed E-state index contributed by atoms with van der Waals surface area (Å²) >= 11 is 0. The lowest BCUT2D eigenvalue weighted by atomic mass is 10.1. The van der Waals surface area contributed by atoms with Crippen LogP contribution in [0, 0.1) is 0 Å². The topological polar surface area (TPSA) is 40.5 Å². The summed E-state index contributed by atoms with van der Waals surface area (Å²) in [6, 6.07) is 21.7. The van der Waals surface area contributed by atoms with E-state index in [2.05, 4.69) is 12.1 Å². The predicted octanol–water partition coefficient (Wildman–Crippen LogP) is 5.02. The van der Waals surface area contributed by atoms with Gasteiger partial charge in [-0.25, -0.2) is 0 Å². The van der Waals surface area contributed by atoms with Gasteiger partial charge < -0.3 is 14.0 Å². The third-order valence-electron chi connectivity index (χ3n) is 4.66. The number of rotatable bonds is 6. The summed E-state index contributed by atoms with van der Waals surface area (Å²) < 4.78 is 13.4. The third kappa shape index (κ3) is 3.72. The first-order chi connectivity index (χ1) is 13.6. The Morgan fingerprint density at radius 1 is 0.893 bits per heavy atom. The number of hydrogen-bond acceptors (Lipinski definition) is 3. The first kappa shape index (κ1) is 18.1. The Morgan fingerprint density at radius 3 is 2.57 bits per heavy atom. The lowest BCUT2D eigenvalue weighted by Gasteiger charge is -2.12.